The number of unbranched alkanes of at least 4 members (excludes halogenated alkanes) is 2. The molecule has 0 saturated heterocycles. The lowest BCUT2D eigenvalue weighted by Crippen LogP contribution is -2.46. The topological polar surface area (TPSA) is 66.6 Å². The minimum atomic E-state index is 0.0107. The highest BCUT2D eigenvalue weighted by Crippen LogP contribution is 2.29. The average molecular weight is 256 g/mol. The third kappa shape index (κ3) is 4.58. The minimum Gasteiger partial charge on any atom is -0.396 e. The van der Waals surface area contributed by atoms with Crippen molar-refractivity contribution in [2.24, 2.45) is 17.6 Å². The van der Waals surface area contributed by atoms with Crippen LogP contribution in [-0.2, 0) is 4.79 Å². The Bertz CT molecular complexity index is 258. The molecule has 0 radical (unpaired) electrons. The van der Waals surface area contributed by atoms with Gasteiger partial charge in [0.05, 0.1) is 5.92 Å². The van der Waals surface area contributed by atoms with Gasteiger partial charge >= 0.3 is 0 Å². The molecular weight excluding hydrogens is 228 g/mol. The van der Waals surface area contributed by atoms with Gasteiger partial charge in [0, 0.05) is 26.2 Å². The van der Waals surface area contributed by atoms with Crippen molar-refractivity contribution >= 4 is 5.91 Å². The number of aliphatic hydroxyl groups excluding tert-OH is 1. The first-order valence-corrected chi connectivity index (χ1v) is 7.17. The van der Waals surface area contributed by atoms with Crippen LogP contribution in [0.4, 0.5) is 0 Å². The Morgan fingerprint density at radius 1 is 1.33 bits per heavy atom. The van der Waals surface area contributed by atoms with Gasteiger partial charge in [0.1, 0.15) is 0 Å². The highest BCUT2D eigenvalue weighted by atomic mass is 16.2. The molecule has 1 saturated carbocycles. The van der Waals surface area contributed by atoms with Crippen LogP contribution in [0.2, 0.25) is 0 Å². The fraction of sp³-hybridized carbons (Fsp3) is 0.929. The van der Waals surface area contributed by atoms with Crippen molar-refractivity contribution in [1.82, 2.24) is 4.90 Å². The first-order chi connectivity index (χ1) is 8.56. The van der Waals surface area contributed by atoms with Gasteiger partial charge in [-0.25, -0.2) is 0 Å². The molecule has 0 aromatic carbocycles. The predicted octanol–water partition coefficient (Wildman–Crippen LogP) is 1.37. The van der Waals surface area contributed by atoms with Crippen molar-refractivity contribution in [3.05, 3.63) is 0 Å². The van der Waals surface area contributed by atoms with E-state index in [-0.39, 0.29) is 24.5 Å². The van der Waals surface area contributed by atoms with Gasteiger partial charge in [-0.1, -0.05) is 6.92 Å². The van der Waals surface area contributed by atoms with Gasteiger partial charge < -0.3 is 15.7 Å². The summed E-state index contributed by atoms with van der Waals surface area (Å²) in [6, 6.07) is 0.0357. The lowest BCUT2D eigenvalue weighted by atomic mass is 9.78. The smallest absolute Gasteiger partial charge is 0.226 e. The number of nitrogens with zero attached hydrogens (tertiary/aromatic N) is 1. The Kier molecular flexibility index (Phi) is 6.65. The van der Waals surface area contributed by atoms with E-state index in [2.05, 4.69) is 6.92 Å². The normalized spacial score (nSPS) is 28.1. The van der Waals surface area contributed by atoms with Crippen molar-refractivity contribution in [1.29, 1.82) is 0 Å². The molecule has 0 aromatic rings. The molecule has 3 atom stereocenters. The molecule has 1 rings (SSSR count). The molecule has 106 valence electrons. The zero-order chi connectivity index (χ0) is 13.5. The first-order valence-electron chi connectivity index (χ1n) is 7.17. The van der Waals surface area contributed by atoms with Crippen LogP contribution in [0.1, 0.15) is 45.4 Å². The number of amides is 1. The van der Waals surface area contributed by atoms with Crippen LogP contribution in [0.3, 0.4) is 0 Å². The summed E-state index contributed by atoms with van der Waals surface area (Å²) in [4.78, 5) is 14.1. The Morgan fingerprint density at radius 3 is 2.72 bits per heavy atom. The van der Waals surface area contributed by atoms with E-state index in [1.54, 1.807) is 0 Å². The fourth-order valence-electron chi connectivity index (χ4n) is 2.72. The van der Waals surface area contributed by atoms with E-state index in [9.17, 15) is 4.79 Å². The van der Waals surface area contributed by atoms with Crippen molar-refractivity contribution < 1.29 is 9.90 Å². The van der Waals surface area contributed by atoms with Crippen LogP contribution in [-0.4, -0.2) is 42.2 Å². The largest absolute Gasteiger partial charge is 0.396 e. The molecule has 1 fully saturated rings. The molecule has 0 aliphatic heterocycles. The monoisotopic (exact) mass is 256 g/mol. The molecule has 0 spiro atoms. The summed E-state index contributed by atoms with van der Waals surface area (Å²) in [5, 5.41) is 8.71. The lowest BCUT2D eigenvalue weighted by molar-refractivity contribution is -0.136. The second kappa shape index (κ2) is 7.74. The minimum absolute atomic E-state index is 0.0107. The highest BCUT2D eigenvalue weighted by molar-refractivity contribution is 5.79. The SMILES string of the molecule is CC1CCC(N)C(C(=O)N(C)CCCCCO)C1. The summed E-state index contributed by atoms with van der Waals surface area (Å²) in [5.41, 5.74) is 6.08. The molecule has 4 heteroatoms. The molecule has 1 aliphatic carbocycles. The Labute approximate surface area is 111 Å². The Hall–Kier alpha value is -0.610. The molecule has 18 heavy (non-hydrogen) atoms. The van der Waals surface area contributed by atoms with E-state index in [1.165, 1.54) is 0 Å². The summed E-state index contributed by atoms with van der Waals surface area (Å²) in [6.07, 6.45) is 5.80. The second-order valence-corrected chi connectivity index (χ2v) is 5.73. The summed E-state index contributed by atoms with van der Waals surface area (Å²) < 4.78 is 0. The summed E-state index contributed by atoms with van der Waals surface area (Å²) in [6.45, 7) is 3.21. The fourth-order valence-corrected chi connectivity index (χ4v) is 2.72. The van der Waals surface area contributed by atoms with Gasteiger partial charge in [-0.05, 0) is 44.4 Å². The van der Waals surface area contributed by atoms with Crippen LogP contribution in [0.25, 0.3) is 0 Å². The van der Waals surface area contributed by atoms with E-state index in [0.717, 1.165) is 45.1 Å². The molecule has 4 nitrogen and oxygen atoms in total. The van der Waals surface area contributed by atoms with Crippen LogP contribution >= 0.6 is 0 Å². The van der Waals surface area contributed by atoms with E-state index >= 15 is 0 Å². The van der Waals surface area contributed by atoms with Crippen LogP contribution < -0.4 is 5.73 Å². The first kappa shape index (κ1) is 15.4. The lowest BCUT2D eigenvalue weighted by Gasteiger charge is -2.34. The van der Waals surface area contributed by atoms with E-state index in [4.69, 9.17) is 10.8 Å². The molecule has 0 bridgehead atoms. The van der Waals surface area contributed by atoms with Crippen LogP contribution in [0, 0.1) is 11.8 Å². The molecule has 0 aromatic heterocycles. The van der Waals surface area contributed by atoms with E-state index < -0.39 is 0 Å². The second-order valence-electron chi connectivity index (χ2n) is 5.73. The quantitative estimate of drug-likeness (QED) is 0.705. The van der Waals surface area contributed by atoms with Crippen LogP contribution in [0.15, 0.2) is 0 Å². The summed E-state index contributed by atoms with van der Waals surface area (Å²) in [7, 11) is 1.87. The number of aliphatic hydroxyl groups is 1. The number of hydrogen-bond acceptors (Lipinski definition) is 3. The molecular formula is C14H28N2O2. The van der Waals surface area contributed by atoms with Crippen molar-refractivity contribution in [2.45, 2.75) is 51.5 Å². The summed E-state index contributed by atoms with van der Waals surface area (Å²) >= 11 is 0. The van der Waals surface area contributed by atoms with Gasteiger partial charge in [-0.15, -0.1) is 0 Å². The average Bonchev–Trinajstić information content (AvgIpc) is 2.36. The number of carbonyl (C=O) groups is 1. The maximum atomic E-state index is 12.3. The van der Waals surface area contributed by atoms with Gasteiger partial charge in [-0.3, -0.25) is 4.79 Å². The molecule has 0 heterocycles. The van der Waals surface area contributed by atoms with Crippen LogP contribution in [0.5, 0.6) is 0 Å². The van der Waals surface area contributed by atoms with Gasteiger partial charge in [0.15, 0.2) is 0 Å². The highest BCUT2D eigenvalue weighted by Gasteiger charge is 2.32. The number of hydrogen-bond donors (Lipinski definition) is 2. The van der Waals surface area contributed by atoms with E-state index in [1.807, 2.05) is 11.9 Å². The molecule has 1 aliphatic rings. The summed E-state index contributed by atoms with van der Waals surface area (Å²) in [5.74, 6) is 0.830. The standard InChI is InChI=1S/C14H28N2O2/c1-11-6-7-13(15)12(10-11)14(18)16(2)8-4-3-5-9-17/h11-13,17H,3-10,15H2,1-2H3. The number of carbonyl (C=O) groups excluding carboxylic acids is 1. The van der Waals surface area contributed by atoms with Gasteiger partial charge in [0.25, 0.3) is 0 Å². The van der Waals surface area contributed by atoms with Crippen molar-refractivity contribution in [3.8, 4) is 0 Å². The van der Waals surface area contributed by atoms with Gasteiger partial charge in [-0.2, -0.15) is 0 Å². The van der Waals surface area contributed by atoms with Crippen molar-refractivity contribution in [2.75, 3.05) is 20.2 Å². The Balaban J connectivity index is 2.36. The van der Waals surface area contributed by atoms with E-state index in [0.29, 0.717) is 5.92 Å². The molecule has 3 unspecified atom stereocenters. The third-order valence-corrected chi connectivity index (χ3v) is 4.01. The Morgan fingerprint density at radius 2 is 2.06 bits per heavy atom. The zero-order valence-corrected chi connectivity index (χ0v) is 11.8. The van der Waals surface area contributed by atoms with Crippen molar-refractivity contribution in [3.63, 3.8) is 0 Å². The van der Waals surface area contributed by atoms with Gasteiger partial charge in [0.2, 0.25) is 5.91 Å². The number of rotatable bonds is 6. The maximum Gasteiger partial charge on any atom is 0.226 e. The maximum absolute atomic E-state index is 12.3. The molecule has 3 N–H and O–H groups in total. The number of nitrogens with two attached hydrogens (primary N) is 1. The predicted molar refractivity (Wildman–Crippen MR) is 73.1 cm³/mol. The third-order valence-electron chi connectivity index (χ3n) is 4.01. The zero-order valence-electron chi connectivity index (χ0n) is 11.8. The molecule has 1 amide bonds.